The lowest BCUT2D eigenvalue weighted by Gasteiger charge is -2.10. The average molecular weight is 730 g/mol. The van der Waals surface area contributed by atoms with Crippen molar-refractivity contribution < 1.29 is 4.42 Å². The van der Waals surface area contributed by atoms with Crippen LogP contribution in [-0.4, -0.2) is 24.1 Å². The standard InChI is InChI=1S/C51H31N5O/c1-3-13-32(14-4-1)34-23-26-40-39-19-7-10-20-43(39)55(46(40)29-34)36-25-28-42-41-27-24-35(30-47(41)57-48(42)31-36)50-52-49(33-15-5-2-6-16-33)53-51(54-50)56-44-21-11-8-17-37(44)38-18-9-12-22-45(38)56/h1-31H. The minimum Gasteiger partial charge on any atom is -0.456 e. The van der Waals surface area contributed by atoms with Crippen LogP contribution in [0.25, 0.3) is 111 Å². The lowest BCUT2D eigenvalue weighted by atomic mass is 10.0. The molecule has 8 aromatic carbocycles. The fraction of sp³-hybridized carbons (Fsp3) is 0. The van der Waals surface area contributed by atoms with E-state index < -0.39 is 0 Å². The van der Waals surface area contributed by atoms with E-state index in [1.54, 1.807) is 0 Å². The van der Waals surface area contributed by atoms with Gasteiger partial charge in [-0.15, -0.1) is 0 Å². The van der Waals surface area contributed by atoms with Gasteiger partial charge >= 0.3 is 0 Å². The first-order chi connectivity index (χ1) is 28.2. The Hall–Kier alpha value is -7.83. The Labute approximate surface area is 326 Å². The molecule has 0 aliphatic heterocycles. The molecule has 0 aliphatic rings. The quantitative estimate of drug-likeness (QED) is 0.177. The molecule has 4 aromatic heterocycles. The van der Waals surface area contributed by atoms with Crippen molar-refractivity contribution in [2.45, 2.75) is 0 Å². The molecule has 0 aliphatic carbocycles. The van der Waals surface area contributed by atoms with Crippen molar-refractivity contribution in [3.8, 4) is 45.5 Å². The summed E-state index contributed by atoms with van der Waals surface area (Å²) in [6.45, 7) is 0. The van der Waals surface area contributed by atoms with Crippen molar-refractivity contribution in [3.63, 3.8) is 0 Å². The molecule has 12 aromatic rings. The second-order valence-electron chi connectivity index (χ2n) is 14.5. The summed E-state index contributed by atoms with van der Waals surface area (Å²) in [7, 11) is 0. The van der Waals surface area contributed by atoms with Gasteiger partial charge in [-0.3, -0.25) is 4.57 Å². The average Bonchev–Trinajstić information content (AvgIpc) is 3.93. The third-order valence-electron chi connectivity index (χ3n) is 11.2. The Morgan fingerprint density at radius 3 is 1.47 bits per heavy atom. The number of aromatic nitrogens is 5. The van der Waals surface area contributed by atoms with Crippen LogP contribution >= 0.6 is 0 Å². The topological polar surface area (TPSA) is 61.7 Å². The molecule has 0 atom stereocenters. The summed E-state index contributed by atoms with van der Waals surface area (Å²) in [5, 5.41) is 6.82. The van der Waals surface area contributed by atoms with Crippen molar-refractivity contribution in [1.29, 1.82) is 0 Å². The molecule has 57 heavy (non-hydrogen) atoms. The summed E-state index contributed by atoms with van der Waals surface area (Å²) in [5.41, 5.74) is 11.1. The van der Waals surface area contributed by atoms with E-state index in [2.05, 4.69) is 167 Å². The highest BCUT2D eigenvalue weighted by molar-refractivity contribution is 6.12. The van der Waals surface area contributed by atoms with Gasteiger partial charge in [-0.2, -0.15) is 9.97 Å². The van der Waals surface area contributed by atoms with Gasteiger partial charge < -0.3 is 8.98 Å². The molecule has 0 bridgehead atoms. The van der Waals surface area contributed by atoms with E-state index in [9.17, 15) is 0 Å². The molecule has 0 N–H and O–H groups in total. The molecule has 0 spiro atoms. The number of rotatable bonds is 5. The number of furan rings is 1. The van der Waals surface area contributed by atoms with Crippen LogP contribution in [0.2, 0.25) is 0 Å². The van der Waals surface area contributed by atoms with E-state index in [0.717, 1.165) is 71.6 Å². The van der Waals surface area contributed by atoms with Crippen LogP contribution in [0.1, 0.15) is 0 Å². The monoisotopic (exact) mass is 729 g/mol. The molecule has 4 heterocycles. The first kappa shape index (κ1) is 31.5. The van der Waals surface area contributed by atoms with Crippen LogP contribution in [0.4, 0.5) is 0 Å². The molecule has 6 heteroatoms. The van der Waals surface area contributed by atoms with Crippen LogP contribution in [0, 0.1) is 0 Å². The SMILES string of the molecule is c1ccc(-c2ccc3c4ccccc4n(-c4ccc5c(c4)oc4cc(-c6nc(-c7ccccc7)nc(-n7c8ccccc8c8ccccc87)n6)ccc45)c3c2)cc1. The minimum absolute atomic E-state index is 0.562. The van der Waals surface area contributed by atoms with E-state index >= 15 is 0 Å². The lowest BCUT2D eigenvalue weighted by molar-refractivity contribution is 0.668. The first-order valence-corrected chi connectivity index (χ1v) is 19.1. The van der Waals surface area contributed by atoms with Crippen LogP contribution in [0.15, 0.2) is 192 Å². The van der Waals surface area contributed by atoms with Crippen molar-refractivity contribution in [2.24, 2.45) is 0 Å². The molecule has 0 radical (unpaired) electrons. The fourth-order valence-electron chi connectivity index (χ4n) is 8.55. The zero-order chi connectivity index (χ0) is 37.5. The van der Waals surface area contributed by atoms with E-state index in [1.807, 2.05) is 30.3 Å². The number of para-hydroxylation sites is 3. The third-order valence-corrected chi connectivity index (χ3v) is 11.2. The molecular formula is C51H31N5O. The molecule has 0 fully saturated rings. The minimum atomic E-state index is 0.562. The van der Waals surface area contributed by atoms with Crippen molar-refractivity contribution in [3.05, 3.63) is 188 Å². The summed E-state index contributed by atoms with van der Waals surface area (Å²) in [6, 6.07) is 65.6. The summed E-state index contributed by atoms with van der Waals surface area (Å²) >= 11 is 0. The van der Waals surface area contributed by atoms with Crippen LogP contribution in [0.3, 0.4) is 0 Å². The van der Waals surface area contributed by atoms with Crippen molar-refractivity contribution in [1.82, 2.24) is 24.1 Å². The number of benzene rings is 8. The van der Waals surface area contributed by atoms with E-state index in [1.165, 1.54) is 21.9 Å². The zero-order valence-corrected chi connectivity index (χ0v) is 30.5. The van der Waals surface area contributed by atoms with Crippen LogP contribution in [-0.2, 0) is 0 Å². The predicted octanol–water partition coefficient (Wildman–Crippen LogP) is 13.0. The second-order valence-corrected chi connectivity index (χ2v) is 14.5. The van der Waals surface area contributed by atoms with Gasteiger partial charge in [-0.1, -0.05) is 133 Å². The van der Waals surface area contributed by atoms with Crippen molar-refractivity contribution >= 4 is 65.6 Å². The summed E-state index contributed by atoms with van der Waals surface area (Å²) in [4.78, 5) is 15.3. The van der Waals surface area contributed by atoms with Gasteiger partial charge in [0.05, 0.1) is 22.1 Å². The van der Waals surface area contributed by atoms with E-state index in [0.29, 0.717) is 17.6 Å². The maximum Gasteiger partial charge on any atom is 0.238 e. The molecule has 0 saturated carbocycles. The first-order valence-electron chi connectivity index (χ1n) is 19.1. The number of nitrogens with zero attached hydrogens (tertiary/aromatic N) is 5. The molecular weight excluding hydrogens is 699 g/mol. The maximum atomic E-state index is 6.71. The predicted molar refractivity (Wildman–Crippen MR) is 232 cm³/mol. The van der Waals surface area contributed by atoms with Gasteiger partial charge in [0.15, 0.2) is 11.6 Å². The van der Waals surface area contributed by atoms with Gasteiger partial charge in [-0.25, -0.2) is 4.98 Å². The van der Waals surface area contributed by atoms with Gasteiger partial charge in [-0.05, 0) is 59.7 Å². The van der Waals surface area contributed by atoms with Gasteiger partial charge in [0, 0.05) is 55.2 Å². The van der Waals surface area contributed by atoms with E-state index in [4.69, 9.17) is 19.4 Å². The second kappa shape index (κ2) is 12.3. The summed E-state index contributed by atoms with van der Waals surface area (Å²) < 4.78 is 11.2. The molecule has 0 unspecified atom stereocenters. The van der Waals surface area contributed by atoms with Crippen LogP contribution < -0.4 is 0 Å². The number of hydrogen-bond donors (Lipinski definition) is 0. The third kappa shape index (κ3) is 4.94. The number of hydrogen-bond acceptors (Lipinski definition) is 4. The summed E-state index contributed by atoms with van der Waals surface area (Å²) in [5.74, 6) is 1.74. The Kier molecular flexibility index (Phi) is 6.83. The highest BCUT2D eigenvalue weighted by atomic mass is 16.3. The zero-order valence-electron chi connectivity index (χ0n) is 30.5. The van der Waals surface area contributed by atoms with Gasteiger partial charge in [0.2, 0.25) is 5.95 Å². The van der Waals surface area contributed by atoms with Crippen LogP contribution in [0.5, 0.6) is 0 Å². The highest BCUT2D eigenvalue weighted by Gasteiger charge is 2.19. The van der Waals surface area contributed by atoms with E-state index in [-0.39, 0.29) is 0 Å². The molecule has 0 amide bonds. The van der Waals surface area contributed by atoms with Gasteiger partial charge in [0.1, 0.15) is 11.2 Å². The Bertz CT molecular complexity index is 3470. The number of fused-ring (bicyclic) bond motifs is 9. The maximum absolute atomic E-state index is 6.71. The van der Waals surface area contributed by atoms with Crippen molar-refractivity contribution in [2.75, 3.05) is 0 Å². The lowest BCUT2D eigenvalue weighted by Crippen LogP contribution is -2.06. The highest BCUT2D eigenvalue weighted by Crippen LogP contribution is 2.38. The molecule has 6 nitrogen and oxygen atoms in total. The molecule has 0 saturated heterocycles. The molecule has 12 rings (SSSR count). The molecule has 266 valence electrons. The summed E-state index contributed by atoms with van der Waals surface area (Å²) in [6.07, 6.45) is 0. The normalized spacial score (nSPS) is 11.9. The van der Waals surface area contributed by atoms with Gasteiger partial charge in [0.25, 0.3) is 0 Å². The fourth-order valence-corrected chi connectivity index (χ4v) is 8.55. The Morgan fingerprint density at radius 2 is 0.807 bits per heavy atom. The Balaban J connectivity index is 1.02. The smallest absolute Gasteiger partial charge is 0.238 e. The Morgan fingerprint density at radius 1 is 0.316 bits per heavy atom. The largest absolute Gasteiger partial charge is 0.456 e.